The van der Waals surface area contributed by atoms with Crippen LogP contribution < -0.4 is 5.32 Å². The first-order valence-corrected chi connectivity index (χ1v) is 9.78. The molecule has 0 radical (unpaired) electrons. The minimum Gasteiger partial charge on any atom is -0.459 e. The molecule has 7 heteroatoms. The van der Waals surface area contributed by atoms with Crippen molar-refractivity contribution in [2.75, 3.05) is 6.54 Å². The van der Waals surface area contributed by atoms with Crippen LogP contribution in [-0.2, 0) is 0 Å². The van der Waals surface area contributed by atoms with Crippen LogP contribution in [0.1, 0.15) is 30.5 Å². The van der Waals surface area contributed by atoms with E-state index in [1.165, 1.54) is 0 Å². The van der Waals surface area contributed by atoms with E-state index in [-0.39, 0.29) is 12.1 Å². The summed E-state index contributed by atoms with van der Waals surface area (Å²) in [6.07, 6.45) is 1.78. The van der Waals surface area contributed by atoms with Gasteiger partial charge in [0.15, 0.2) is 5.11 Å². The molecular formula is C20H17Cl2N3OS. The van der Waals surface area contributed by atoms with Crippen LogP contribution in [0.15, 0.2) is 59.1 Å². The molecule has 0 amide bonds. The molecule has 2 atom stereocenters. The summed E-state index contributed by atoms with van der Waals surface area (Å²) in [5, 5.41) is 5.05. The van der Waals surface area contributed by atoms with Crippen LogP contribution >= 0.6 is 35.4 Å². The van der Waals surface area contributed by atoms with E-state index in [0.717, 1.165) is 23.6 Å². The highest BCUT2D eigenvalue weighted by molar-refractivity contribution is 7.80. The maximum absolute atomic E-state index is 6.35. The van der Waals surface area contributed by atoms with Crippen LogP contribution in [0.25, 0.3) is 11.3 Å². The molecule has 0 spiro atoms. The third-order valence-corrected chi connectivity index (χ3v) is 5.85. The van der Waals surface area contributed by atoms with Crippen LogP contribution in [0.5, 0.6) is 0 Å². The number of rotatable bonds is 4. The van der Waals surface area contributed by atoms with Gasteiger partial charge >= 0.3 is 0 Å². The van der Waals surface area contributed by atoms with E-state index in [1.54, 1.807) is 12.3 Å². The van der Waals surface area contributed by atoms with E-state index in [4.69, 9.17) is 39.8 Å². The van der Waals surface area contributed by atoms with Gasteiger partial charge in [-0.2, -0.15) is 0 Å². The molecule has 1 N–H and O–H groups in total. The van der Waals surface area contributed by atoms with Gasteiger partial charge in [-0.05, 0) is 55.5 Å². The maximum atomic E-state index is 6.35. The Balaban J connectivity index is 1.75. The number of aromatic nitrogens is 1. The number of nitrogens with zero attached hydrogens (tertiary/aromatic N) is 2. The Labute approximate surface area is 173 Å². The average Bonchev–Trinajstić information content (AvgIpc) is 3.28. The van der Waals surface area contributed by atoms with Crippen LogP contribution in [0.4, 0.5) is 0 Å². The lowest BCUT2D eigenvalue weighted by Crippen LogP contribution is -2.29. The van der Waals surface area contributed by atoms with Gasteiger partial charge in [0.25, 0.3) is 0 Å². The van der Waals surface area contributed by atoms with Gasteiger partial charge < -0.3 is 14.6 Å². The molecule has 2 aromatic heterocycles. The number of likely N-dealkylation sites (N-methyl/N-ethyl adjacent to an activating group) is 1. The van der Waals surface area contributed by atoms with Crippen molar-refractivity contribution in [3.05, 3.63) is 76.2 Å². The second kappa shape index (κ2) is 7.50. The minimum atomic E-state index is -0.0934. The molecule has 27 heavy (non-hydrogen) atoms. The number of thiocarbonyl (C=S) groups is 1. The van der Waals surface area contributed by atoms with Crippen molar-refractivity contribution in [3.63, 3.8) is 0 Å². The molecule has 1 fully saturated rings. The van der Waals surface area contributed by atoms with Crippen molar-refractivity contribution in [2.45, 2.75) is 19.0 Å². The summed E-state index contributed by atoms with van der Waals surface area (Å²) in [5.41, 5.74) is 1.68. The molecule has 4 rings (SSSR count). The first kappa shape index (κ1) is 18.3. The highest BCUT2D eigenvalue weighted by Gasteiger charge is 2.40. The predicted octanol–water partition coefficient (Wildman–Crippen LogP) is 5.64. The van der Waals surface area contributed by atoms with E-state index in [2.05, 4.69) is 22.1 Å². The number of furan rings is 1. The Morgan fingerprint density at radius 1 is 1.15 bits per heavy atom. The molecule has 0 saturated carbocycles. The van der Waals surface area contributed by atoms with Gasteiger partial charge in [0.2, 0.25) is 0 Å². The summed E-state index contributed by atoms with van der Waals surface area (Å²) in [6.45, 7) is 2.83. The highest BCUT2D eigenvalue weighted by atomic mass is 35.5. The largest absolute Gasteiger partial charge is 0.459 e. The second-order valence-corrected chi connectivity index (χ2v) is 7.39. The van der Waals surface area contributed by atoms with Gasteiger partial charge in [0, 0.05) is 18.3 Å². The number of hydrogen-bond acceptors (Lipinski definition) is 3. The Kier molecular flexibility index (Phi) is 5.08. The fourth-order valence-corrected chi connectivity index (χ4v) is 4.17. The van der Waals surface area contributed by atoms with Gasteiger partial charge in [-0.25, -0.2) is 0 Å². The molecule has 138 valence electrons. The maximum Gasteiger partial charge on any atom is 0.170 e. The summed E-state index contributed by atoms with van der Waals surface area (Å²) >= 11 is 18.0. The van der Waals surface area contributed by atoms with Gasteiger partial charge in [-0.1, -0.05) is 35.3 Å². The van der Waals surface area contributed by atoms with Crippen molar-refractivity contribution in [2.24, 2.45) is 0 Å². The summed E-state index contributed by atoms with van der Waals surface area (Å²) in [5.74, 6) is 1.47. The van der Waals surface area contributed by atoms with Crippen LogP contribution in [0, 0.1) is 0 Å². The van der Waals surface area contributed by atoms with Gasteiger partial charge in [0.1, 0.15) is 17.6 Å². The van der Waals surface area contributed by atoms with Gasteiger partial charge in [-0.15, -0.1) is 0 Å². The fourth-order valence-electron chi connectivity index (χ4n) is 3.41. The standard InChI is InChI=1S/C20H17Cl2N3OS/c1-2-25-19(18(24-20(25)27)14-8-3-4-11-23-14)16-10-9-15(26-16)12-6-5-7-13(21)17(12)22/h3-11,18-19H,2H2,1H3,(H,24,27)/t18-,19-/m0/s1. The van der Waals surface area contributed by atoms with Crippen LogP contribution in [0.3, 0.4) is 0 Å². The van der Waals surface area contributed by atoms with Crippen molar-refractivity contribution in [1.82, 2.24) is 15.2 Å². The SMILES string of the molecule is CCN1C(=S)N[C@@H](c2ccccn2)[C@@H]1c1ccc(-c2cccc(Cl)c2Cl)o1. The molecule has 1 aromatic carbocycles. The monoisotopic (exact) mass is 417 g/mol. The lowest BCUT2D eigenvalue weighted by atomic mass is 10.0. The lowest BCUT2D eigenvalue weighted by molar-refractivity contribution is 0.284. The summed E-state index contributed by atoms with van der Waals surface area (Å²) in [6, 6.07) is 15.1. The Bertz CT molecular complexity index is 976. The smallest absolute Gasteiger partial charge is 0.170 e. The number of halogens is 2. The van der Waals surface area contributed by atoms with E-state index in [0.29, 0.717) is 20.9 Å². The Morgan fingerprint density at radius 2 is 2.00 bits per heavy atom. The summed E-state index contributed by atoms with van der Waals surface area (Å²) < 4.78 is 6.21. The third-order valence-electron chi connectivity index (χ3n) is 4.67. The molecular weight excluding hydrogens is 401 g/mol. The zero-order valence-electron chi connectivity index (χ0n) is 14.5. The van der Waals surface area contributed by atoms with E-state index in [1.807, 2.05) is 42.5 Å². The fraction of sp³-hybridized carbons (Fsp3) is 0.200. The number of benzene rings is 1. The van der Waals surface area contributed by atoms with E-state index in [9.17, 15) is 0 Å². The third kappa shape index (κ3) is 3.31. The number of hydrogen-bond donors (Lipinski definition) is 1. The predicted molar refractivity (Wildman–Crippen MR) is 112 cm³/mol. The first-order valence-electron chi connectivity index (χ1n) is 8.62. The van der Waals surface area contributed by atoms with Crippen molar-refractivity contribution < 1.29 is 4.42 Å². The zero-order valence-corrected chi connectivity index (χ0v) is 16.9. The molecule has 4 nitrogen and oxygen atoms in total. The molecule has 1 aliphatic heterocycles. The summed E-state index contributed by atoms with van der Waals surface area (Å²) in [4.78, 5) is 6.61. The lowest BCUT2D eigenvalue weighted by Gasteiger charge is -2.24. The molecule has 1 aliphatic rings. The molecule has 3 heterocycles. The first-order chi connectivity index (χ1) is 13.1. The summed E-state index contributed by atoms with van der Waals surface area (Å²) in [7, 11) is 0. The zero-order chi connectivity index (χ0) is 19.0. The number of nitrogens with one attached hydrogen (secondary N) is 1. The van der Waals surface area contributed by atoms with E-state index < -0.39 is 0 Å². The molecule has 0 aliphatic carbocycles. The normalized spacial score (nSPS) is 19.4. The topological polar surface area (TPSA) is 41.3 Å². The van der Waals surface area contributed by atoms with Crippen LogP contribution in [-0.4, -0.2) is 21.5 Å². The Morgan fingerprint density at radius 3 is 2.74 bits per heavy atom. The van der Waals surface area contributed by atoms with Crippen molar-refractivity contribution in [1.29, 1.82) is 0 Å². The highest BCUT2D eigenvalue weighted by Crippen LogP contribution is 2.41. The average molecular weight is 418 g/mol. The quantitative estimate of drug-likeness (QED) is 0.556. The van der Waals surface area contributed by atoms with Crippen molar-refractivity contribution >= 4 is 40.5 Å². The molecule has 1 saturated heterocycles. The van der Waals surface area contributed by atoms with Crippen molar-refractivity contribution in [3.8, 4) is 11.3 Å². The van der Waals surface area contributed by atoms with Crippen LogP contribution in [0.2, 0.25) is 10.0 Å². The molecule has 0 bridgehead atoms. The molecule has 0 unspecified atom stereocenters. The van der Waals surface area contributed by atoms with Gasteiger partial charge in [0.05, 0.1) is 21.8 Å². The minimum absolute atomic E-state index is 0.0903. The Hall–Kier alpha value is -2.08. The number of pyridine rings is 1. The molecule has 3 aromatic rings. The van der Waals surface area contributed by atoms with Gasteiger partial charge in [-0.3, -0.25) is 4.98 Å². The second-order valence-electron chi connectivity index (χ2n) is 6.22. The van der Waals surface area contributed by atoms with E-state index >= 15 is 0 Å².